The standard InChI is InChI=1S/C18H22O5/c1-17(2)22-15-13(10-14(19)16(15)23-17)11-5-4-6-12(9-11)18(3)20-7-8-21-18/h4-6,9,13,15-16H,7-8,10H2,1-3H3/t13-,15-,16+/m1/s1. The predicted octanol–water partition coefficient (Wildman–Crippen LogP) is 2.48. The van der Waals surface area contributed by atoms with Crippen LogP contribution in [0, 0.1) is 0 Å². The second-order valence-electron chi connectivity index (χ2n) is 7.07. The topological polar surface area (TPSA) is 54.0 Å². The van der Waals surface area contributed by atoms with Gasteiger partial charge in [0.05, 0.1) is 13.2 Å². The van der Waals surface area contributed by atoms with E-state index in [1.54, 1.807) is 0 Å². The molecule has 1 aromatic carbocycles. The molecule has 4 rings (SSSR count). The molecule has 5 nitrogen and oxygen atoms in total. The van der Waals surface area contributed by atoms with Gasteiger partial charge in [0.15, 0.2) is 17.4 Å². The van der Waals surface area contributed by atoms with Crippen molar-refractivity contribution in [3.05, 3.63) is 35.4 Å². The molecule has 1 saturated carbocycles. The Morgan fingerprint density at radius 3 is 2.57 bits per heavy atom. The molecule has 5 heteroatoms. The van der Waals surface area contributed by atoms with E-state index in [1.807, 2.05) is 39.0 Å². The highest BCUT2D eigenvalue weighted by atomic mass is 16.8. The summed E-state index contributed by atoms with van der Waals surface area (Å²) in [5, 5.41) is 0. The molecule has 3 atom stereocenters. The molecule has 1 aliphatic carbocycles. The van der Waals surface area contributed by atoms with Crippen LogP contribution in [0.5, 0.6) is 0 Å². The van der Waals surface area contributed by atoms with E-state index in [0.29, 0.717) is 19.6 Å². The monoisotopic (exact) mass is 318 g/mol. The number of hydrogen-bond donors (Lipinski definition) is 0. The number of benzene rings is 1. The Balaban J connectivity index is 1.65. The molecule has 0 aromatic heterocycles. The van der Waals surface area contributed by atoms with Crippen LogP contribution in [0.25, 0.3) is 0 Å². The van der Waals surface area contributed by atoms with Gasteiger partial charge in [0.25, 0.3) is 0 Å². The van der Waals surface area contributed by atoms with Crippen molar-refractivity contribution in [2.75, 3.05) is 13.2 Å². The maximum atomic E-state index is 12.3. The quantitative estimate of drug-likeness (QED) is 0.838. The van der Waals surface area contributed by atoms with Crippen molar-refractivity contribution < 1.29 is 23.7 Å². The average molecular weight is 318 g/mol. The first-order chi connectivity index (χ1) is 10.9. The SMILES string of the molecule is CC1(C)O[C@@H]2[C@@H](c3cccc(C4(C)OCCO4)c3)CC(=O)[C@@H]2O1. The third kappa shape index (κ3) is 2.52. The van der Waals surface area contributed by atoms with Crippen molar-refractivity contribution in [1.82, 2.24) is 0 Å². The van der Waals surface area contributed by atoms with Crippen LogP contribution in [0.1, 0.15) is 44.2 Å². The normalized spacial score (nSPS) is 34.7. The summed E-state index contributed by atoms with van der Waals surface area (Å²) in [6, 6.07) is 8.09. The largest absolute Gasteiger partial charge is 0.344 e. The van der Waals surface area contributed by atoms with Gasteiger partial charge in [-0.3, -0.25) is 4.79 Å². The average Bonchev–Trinajstić information content (AvgIpc) is 3.16. The number of fused-ring (bicyclic) bond motifs is 1. The first kappa shape index (κ1) is 15.3. The number of Topliss-reactive ketones (excluding diaryl/α,β-unsaturated/α-hetero) is 1. The molecule has 23 heavy (non-hydrogen) atoms. The van der Waals surface area contributed by atoms with Crippen molar-refractivity contribution >= 4 is 5.78 Å². The lowest BCUT2D eigenvalue weighted by molar-refractivity contribution is -0.160. The van der Waals surface area contributed by atoms with E-state index in [4.69, 9.17) is 18.9 Å². The van der Waals surface area contributed by atoms with E-state index in [2.05, 4.69) is 6.07 Å². The summed E-state index contributed by atoms with van der Waals surface area (Å²) in [6.45, 7) is 6.83. The molecule has 0 spiro atoms. The molecular weight excluding hydrogens is 296 g/mol. The maximum absolute atomic E-state index is 12.3. The van der Waals surface area contributed by atoms with Gasteiger partial charge in [0.1, 0.15) is 12.2 Å². The smallest absolute Gasteiger partial charge is 0.192 e. The second-order valence-corrected chi connectivity index (χ2v) is 7.07. The van der Waals surface area contributed by atoms with Crippen LogP contribution in [0.4, 0.5) is 0 Å². The van der Waals surface area contributed by atoms with Gasteiger partial charge in [-0.05, 0) is 26.3 Å². The molecule has 1 aromatic rings. The third-order valence-electron chi connectivity index (χ3n) is 4.94. The minimum Gasteiger partial charge on any atom is -0.344 e. The second kappa shape index (κ2) is 5.11. The van der Waals surface area contributed by atoms with Gasteiger partial charge in [-0.1, -0.05) is 24.3 Å². The van der Waals surface area contributed by atoms with Gasteiger partial charge >= 0.3 is 0 Å². The highest BCUT2D eigenvalue weighted by Crippen LogP contribution is 2.45. The zero-order chi connectivity index (χ0) is 16.2. The van der Waals surface area contributed by atoms with Crippen LogP contribution in [0.15, 0.2) is 24.3 Å². The molecule has 124 valence electrons. The molecule has 3 aliphatic rings. The first-order valence-electron chi connectivity index (χ1n) is 8.15. The third-order valence-corrected chi connectivity index (χ3v) is 4.94. The number of hydrogen-bond acceptors (Lipinski definition) is 5. The molecule has 0 unspecified atom stereocenters. The Morgan fingerprint density at radius 1 is 1.09 bits per heavy atom. The van der Waals surface area contributed by atoms with E-state index in [9.17, 15) is 4.79 Å². The lowest BCUT2D eigenvalue weighted by Gasteiger charge is -2.25. The summed E-state index contributed by atoms with van der Waals surface area (Å²) in [5.74, 6) is -1.27. The van der Waals surface area contributed by atoms with Crippen LogP contribution in [-0.4, -0.2) is 37.0 Å². The van der Waals surface area contributed by atoms with E-state index in [-0.39, 0.29) is 17.8 Å². The van der Waals surface area contributed by atoms with Crippen molar-refractivity contribution in [2.24, 2.45) is 0 Å². The number of carbonyl (C=O) groups is 1. The fourth-order valence-electron chi connectivity index (χ4n) is 3.82. The Labute approximate surface area is 135 Å². The van der Waals surface area contributed by atoms with Gasteiger partial charge in [-0.25, -0.2) is 0 Å². The first-order valence-corrected chi connectivity index (χ1v) is 8.15. The van der Waals surface area contributed by atoms with Crippen LogP contribution in [-0.2, 0) is 29.5 Å². The Hall–Kier alpha value is -1.27. The van der Waals surface area contributed by atoms with E-state index >= 15 is 0 Å². The summed E-state index contributed by atoms with van der Waals surface area (Å²) >= 11 is 0. The van der Waals surface area contributed by atoms with Gasteiger partial charge in [-0.2, -0.15) is 0 Å². The number of rotatable bonds is 2. The zero-order valence-electron chi connectivity index (χ0n) is 13.7. The Kier molecular flexibility index (Phi) is 3.39. The highest BCUT2D eigenvalue weighted by Gasteiger charge is 2.54. The van der Waals surface area contributed by atoms with E-state index < -0.39 is 17.7 Å². The highest BCUT2D eigenvalue weighted by molar-refractivity contribution is 5.88. The summed E-state index contributed by atoms with van der Waals surface area (Å²) in [7, 11) is 0. The molecular formula is C18H22O5. The van der Waals surface area contributed by atoms with Crippen molar-refractivity contribution in [1.29, 1.82) is 0 Å². The fourth-order valence-corrected chi connectivity index (χ4v) is 3.82. The Bertz CT molecular complexity index is 632. The molecule has 0 amide bonds. The maximum Gasteiger partial charge on any atom is 0.192 e. The fraction of sp³-hybridized carbons (Fsp3) is 0.611. The van der Waals surface area contributed by atoms with Crippen LogP contribution < -0.4 is 0 Å². The number of ketones is 1. The summed E-state index contributed by atoms with van der Waals surface area (Å²) in [4.78, 5) is 12.3. The molecule has 0 N–H and O–H groups in total. The molecule has 2 saturated heterocycles. The van der Waals surface area contributed by atoms with Crippen molar-refractivity contribution in [3.8, 4) is 0 Å². The zero-order valence-corrected chi connectivity index (χ0v) is 13.7. The van der Waals surface area contributed by atoms with Crippen LogP contribution >= 0.6 is 0 Å². The van der Waals surface area contributed by atoms with Crippen LogP contribution in [0.2, 0.25) is 0 Å². The minimum atomic E-state index is -0.704. The van der Waals surface area contributed by atoms with Gasteiger partial charge < -0.3 is 18.9 Å². The number of carbonyl (C=O) groups excluding carboxylic acids is 1. The molecule has 3 fully saturated rings. The molecule has 0 bridgehead atoms. The summed E-state index contributed by atoms with van der Waals surface area (Å²) in [6.07, 6.45) is -0.216. The number of ether oxygens (including phenoxy) is 4. The molecule has 2 heterocycles. The molecule has 0 radical (unpaired) electrons. The van der Waals surface area contributed by atoms with Crippen LogP contribution in [0.3, 0.4) is 0 Å². The summed E-state index contributed by atoms with van der Waals surface area (Å²) < 4.78 is 23.2. The van der Waals surface area contributed by atoms with Crippen molar-refractivity contribution in [3.63, 3.8) is 0 Å². The van der Waals surface area contributed by atoms with Gasteiger partial charge in [0.2, 0.25) is 0 Å². The predicted molar refractivity (Wildman–Crippen MR) is 81.9 cm³/mol. The summed E-state index contributed by atoms with van der Waals surface area (Å²) in [5.41, 5.74) is 2.05. The lowest BCUT2D eigenvalue weighted by atomic mass is 9.92. The van der Waals surface area contributed by atoms with Crippen molar-refractivity contribution in [2.45, 2.75) is 56.9 Å². The molecule has 2 aliphatic heterocycles. The lowest BCUT2D eigenvalue weighted by Crippen LogP contribution is -2.25. The van der Waals surface area contributed by atoms with E-state index in [0.717, 1.165) is 11.1 Å². The minimum absolute atomic E-state index is 0.0132. The van der Waals surface area contributed by atoms with E-state index in [1.165, 1.54) is 0 Å². The Morgan fingerprint density at radius 2 is 1.83 bits per heavy atom. The van der Waals surface area contributed by atoms with Gasteiger partial charge in [0, 0.05) is 17.9 Å². The van der Waals surface area contributed by atoms with Gasteiger partial charge in [-0.15, -0.1) is 0 Å².